The zero-order valence-corrected chi connectivity index (χ0v) is 11.2. The van der Waals surface area contributed by atoms with E-state index in [2.05, 4.69) is 9.89 Å². The Morgan fingerprint density at radius 3 is 2.68 bits per heavy atom. The third-order valence-corrected chi connectivity index (χ3v) is 3.43. The maximum absolute atomic E-state index is 12.1. The normalized spacial score (nSPS) is 16.4. The molecule has 2 heterocycles. The average molecular weight is 266 g/mol. The van der Waals surface area contributed by atoms with Crippen LogP contribution in [0.2, 0.25) is 0 Å². The predicted molar refractivity (Wildman–Crippen MR) is 66.5 cm³/mol. The summed E-state index contributed by atoms with van der Waals surface area (Å²) in [5.74, 6) is 0.643. The van der Waals surface area contributed by atoms with Gasteiger partial charge in [-0.05, 0) is 25.7 Å². The average Bonchev–Trinajstić information content (AvgIpc) is 2.85. The van der Waals surface area contributed by atoms with Gasteiger partial charge in [0.15, 0.2) is 5.69 Å². The molecule has 0 aliphatic carbocycles. The lowest BCUT2D eigenvalue weighted by molar-refractivity contribution is -0.142. The molecule has 1 fully saturated rings. The number of carbonyl (C=O) groups excluding carboxylic acids is 2. The molecule has 1 amide bonds. The largest absolute Gasteiger partial charge is 0.469 e. The number of aromatic nitrogens is 1. The monoisotopic (exact) mass is 266 g/mol. The first-order valence-corrected chi connectivity index (χ1v) is 6.39. The zero-order chi connectivity index (χ0) is 13.8. The van der Waals surface area contributed by atoms with Crippen molar-refractivity contribution in [2.24, 2.45) is 5.92 Å². The Balaban J connectivity index is 1.86. The highest BCUT2D eigenvalue weighted by Gasteiger charge is 2.26. The molecular weight excluding hydrogens is 248 g/mol. The molecule has 104 valence electrons. The number of nitrogens with zero attached hydrogens (tertiary/aromatic N) is 2. The van der Waals surface area contributed by atoms with Gasteiger partial charge in [0.25, 0.3) is 5.91 Å². The lowest BCUT2D eigenvalue weighted by Crippen LogP contribution is -2.39. The van der Waals surface area contributed by atoms with Gasteiger partial charge in [0, 0.05) is 25.6 Å². The second-order valence-corrected chi connectivity index (χ2v) is 4.84. The number of aryl methyl sites for hydroxylation is 1. The summed E-state index contributed by atoms with van der Waals surface area (Å²) in [5, 5.41) is 3.73. The summed E-state index contributed by atoms with van der Waals surface area (Å²) >= 11 is 0. The number of hydrogen-bond acceptors (Lipinski definition) is 5. The molecule has 0 spiro atoms. The van der Waals surface area contributed by atoms with Gasteiger partial charge in [-0.3, -0.25) is 9.59 Å². The smallest absolute Gasteiger partial charge is 0.305 e. The van der Waals surface area contributed by atoms with Gasteiger partial charge in [-0.25, -0.2) is 0 Å². The second kappa shape index (κ2) is 5.86. The number of ether oxygens (including phenoxy) is 1. The number of rotatable bonds is 3. The lowest BCUT2D eigenvalue weighted by Gasteiger charge is -2.30. The van der Waals surface area contributed by atoms with E-state index in [-0.39, 0.29) is 11.9 Å². The molecule has 0 saturated carbocycles. The van der Waals surface area contributed by atoms with Gasteiger partial charge >= 0.3 is 5.97 Å². The summed E-state index contributed by atoms with van der Waals surface area (Å²) in [4.78, 5) is 25.1. The first-order chi connectivity index (χ1) is 9.10. The maximum atomic E-state index is 12.1. The number of piperidine rings is 1. The third-order valence-electron chi connectivity index (χ3n) is 3.43. The molecular formula is C13H18N2O4. The van der Waals surface area contributed by atoms with E-state index in [0.717, 1.165) is 12.8 Å². The van der Waals surface area contributed by atoms with Crippen LogP contribution in [0.4, 0.5) is 0 Å². The molecule has 1 aliphatic rings. The van der Waals surface area contributed by atoms with Crippen molar-refractivity contribution in [1.82, 2.24) is 10.1 Å². The van der Waals surface area contributed by atoms with E-state index in [1.54, 1.807) is 17.9 Å². The number of esters is 1. The van der Waals surface area contributed by atoms with Gasteiger partial charge in [-0.2, -0.15) is 0 Å². The summed E-state index contributed by atoms with van der Waals surface area (Å²) in [6, 6.07) is 1.64. The molecule has 0 aromatic carbocycles. The highest BCUT2D eigenvalue weighted by Crippen LogP contribution is 2.22. The van der Waals surface area contributed by atoms with E-state index in [9.17, 15) is 9.59 Å². The number of hydrogen-bond donors (Lipinski definition) is 0. The molecule has 19 heavy (non-hydrogen) atoms. The molecule has 0 radical (unpaired) electrons. The summed E-state index contributed by atoms with van der Waals surface area (Å²) in [6.45, 7) is 3.05. The highest BCUT2D eigenvalue weighted by atomic mass is 16.5. The Kier molecular flexibility index (Phi) is 4.19. The van der Waals surface area contributed by atoms with E-state index >= 15 is 0 Å². The second-order valence-electron chi connectivity index (χ2n) is 4.84. The molecule has 0 atom stereocenters. The summed E-state index contributed by atoms with van der Waals surface area (Å²) in [5.41, 5.74) is 0.351. The Labute approximate surface area is 111 Å². The van der Waals surface area contributed by atoms with Gasteiger partial charge < -0.3 is 14.2 Å². The van der Waals surface area contributed by atoms with Crippen LogP contribution in [0.15, 0.2) is 10.6 Å². The van der Waals surface area contributed by atoms with Crippen molar-refractivity contribution in [2.75, 3.05) is 20.2 Å². The van der Waals surface area contributed by atoms with Gasteiger partial charge in [-0.1, -0.05) is 5.16 Å². The number of carbonyl (C=O) groups is 2. The van der Waals surface area contributed by atoms with Crippen molar-refractivity contribution >= 4 is 11.9 Å². The van der Waals surface area contributed by atoms with Crippen molar-refractivity contribution in [1.29, 1.82) is 0 Å². The van der Waals surface area contributed by atoms with Crippen LogP contribution in [-0.4, -0.2) is 42.1 Å². The fourth-order valence-electron chi connectivity index (χ4n) is 2.29. The standard InChI is InChI=1S/C13H18N2O4/c1-9-7-11(14-19-9)13(17)15-5-3-10(4-6-15)8-12(16)18-2/h7,10H,3-6,8H2,1-2H3. The van der Waals surface area contributed by atoms with E-state index in [1.807, 2.05) is 0 Å². The summed E-state index contributed by atoms with van der Waals surface area (Å²) < 4.78 is 9.56. The van der Waals surface area contributed by atoms with Gasteiger partial charge in [0.1, 0.15) is 5.76 Å². The molecule has 1 saturated heterocycles. The number of amides is 1. The molecule has 0 N–H and O–H groups in total. The SMILES string of the molecule is COC(=O)CC1CCN(C(=O)c2cc(C)on2)CC1. The zero-order valence-electron chi connectivity index (χ0n) is 11.2. The predicted octanol–water partition coefficient (Wildman–Crippen LogP) is 1.40. The van der Waals surface area contributed by atoms with Crippen molar-refractivity contribution in [3.05, 3.63) is 17.5 Å². The minimum Gasteiger partial charge on any atom is -0.469 e. The molecule has 1 aromatic heterocycles. The van der Waals surface area contributed by atoms with Crippen LogP contribution in [-0.2, 0) is 9.53 Å². The van der Waals surface area contributed by atoms with Crippen LogP contribution in [0.25, 0.3) is 0 Å². The Bertz CT molecular complexity index is 461. The van der Waals surface area contributed by atoms with E-state index in [1.165, 1.54) is 7.11 Å². The minimum absolute atomic E-state index is 0.103. The van der Waals surface area contributed by atoms with Crippen LogP contribution < -0.4 is 0 Å². The van der Waals surface area contributed by atoms with Crippen LogP contribution in [0.3, 0.4) is 0 Å². The maximum Gasteiger partial charge on any atom is 0.305 e. The van der Waals surface area contributed by atoms with E-state index in [4.69, 9.17) is 4.52 Å². The first kappa shape index (κ1) is 13.6. The fourth-order valence-corrected chi connectivity index (χ4v) is 2.29. The molecule has 1 aromatic rings. The van der Waals surface area contributed by atoms with E-state index < -0.39 is 0 Å². The topological polar surface area (TPSA) is 72.6 Å². The molecule has 0 bridgehead atoms. The molecule has 2 rings (SSSR count). The van der Waals surface area contributed by atoms with Gasteiger partial charge in [0.05, 0.1) is 7.11 Å². The van der Waals surface area contributed by atoms with Crippen LogP contribution >= 0.6 is 0 Å². The highest BCUT2D eigenvalue weighted by molar-refractivity contribution is 5.92. The lowest BCUT2D eigenvalue weighted by atomic mass is 9.93. The number of methoxy groups -OCH3 is 1. The van der Waals surface area contributed by atoms with Crippen LogP contribution in [0.5, 0.6) is 0 Å². The van der Waals surface area contributed by atoms with Crippen LogP contribution in [0, 0.1) is 12.8 Å². The van der Waals surface area contributed by atoms with Crippen molar-refractivity contribution in [3.8, 4) is 0 Å². The molecule has 6 heteroatoms. The minimum atomic E-state index is -0.183. The van der Waals surface area contributed by atoms with Crippen molar-refractivity contribution < 1.29 is 18.8 Å². The Morgan fingerprint density at radius 1 is 1.47 bits per heavy atom. The summed E-state index contributed by atoms with van der Waals surface area (Å²) in [7, 11) is 1.40. The van der Waals surface area contributed by atoms with Gasteiger partial charge in [0.2, 0.25) is 0 Å². The molecule has 0 unspecified atom stereocenters. The molecule has 1 aliphatic heterocycles. The number of likely N-dealkylation sites (tertiary alicyclic amines) is 1. The van der Waals surface area contributed by atoms with Crippen molar-refractivity contribution in [3.63, 3.8) is 0 Å². The Hall–Kier alpha value is -1.85. The van der Waals surface area contributed by atoms with Crippen molar-refractivity contribution in [2.45, 2.75) is 26.2 Å². The third kappa shape index (κ3) is 3.33. The first-order valence-electron chi connectivity index (χ1n) is 6.39. The quantitative estimate of drug-likeness (QED) is 0.773. The fraction of sp³-hybridized carbons (Fsp3) is 0.615. The summed E-state index contributed by atoms with van der Waals surface area (Å²) in [6.07, 6.45) is 2.07. The van der Waals surface area contributed by atoms with E-state index in [0.29, 0.717) is 36.9 Å². The Morgan fingerprint density at radius 2 is 2.16 bits per heavy atom. The van der Waals surface area contributed by atoms with Crippen LogP contribution in [0.1, 0.15) is 35.5 Å². The van der Waals surface area contributed by atoms with Gasteiger partial charge in [-0.15, -0.1) is 0 Å². The molecule has 6 nitrogen and oxygen atoms in total.